The summed E-state index contributed by atoms with van der Waals surface area (Å²) < 4.78 is 28.9. The molecule has 156 valence electrons. The molecule has 0 aliphatic heterocycles. The van der Waals surface area contributed by atoms with Crippen LogP contribution in [0.15, 0.2) is 58.0 Å². The molecule has 5 nitrogen and oxygen atoms in total. The Bertz CT molecular complexity index is 1310. The number of thiophene rings is 1. The minimum absolute atomic E-state index is 0. The number of aromatic nitrogens is 1. The molecule has 1 atom stereocenters. The minimum Gasteiger partial charge on any atom is -0.464 e. The molecule has 0 saturated heterocycles. The zero-order valence-electron chi connectivity index (χ0n) is 16.3. The molecule has 1 aliphatic carbocycles. The first-order valence-corrected chi connectivity index (χ1v) is 11.9. The maximum Gasteiger partial charge on any atom is 0.238 e. The fourth-order valence-corrected chi connectivity index (χ4v) is 5.96. The van der Waals surface area contributed by atoms with Crippen molar-refractivity contribution in [2.24, 2.45) is 11.1 Å². The molecule has 0 spiro atoms. The molecule has 0 amide bonds. The molecule has 0 radical (unpaired) electrons. The smallest absolute Gasteiger partial charge is 0.238 e. The molecule has 2 N–H and O–H groups in total. The predicted octanol–water partition coefficient (Wildman–Crippen LogP) is 5.42. The minimum atomic E-state index is -3.72. The Labute approximate surface area is 185 Å². The van der Waals surface area contributed by atoms with Crippen molar-refractivity contribution in [1.82, 2.24) is 4.98 Å². The highest BCUT2D eigenvalue weighted by Crippen LogP contribution is 2.43. The van der Waals surface area contributed by atoms with E-state index in [4.69, 9.17) is 14.5 Å². The normalized spacial score (nSPS) is 16.3. The van der Waals surface area contributed by atoms with Gasteiger partial charge in [0.15, 0.2) is 0 Å². The van der Waals surface area contributed by atoms with Crippen LogP contribution in [-0.4, -0.2) is 13.4 Å². The first-order chi connectivity index (χ1) is 13.9. The summed E-state index contributed by atoms with van der Waals surface area (Å²) in [5.41, 5.74) is 4.07. The van der Waals surface area contributed by atoms with Crippen molar-refractivity contribution >= 4 is 44.0 Å². The summed E-state index contributed by atoms with van der Waals surface area (Å²) in [6, 6.07) is 12.4. The Morgan fingerprint density at radius 3 is 2.63 bits per heavy atom. The Balaban J connectivity index is 0.00000218. The third-order valence-electron chi connectivity index (χ3n) is 5.53. The standard InChI is InChI=1S/C22H20N2O3S2.ClH/c1-13-4-9-16-20(11-13)28-22-21(16)17(19-3-2-10-27-19)12-18(24-22)14-5-7-15(8-6-14)29(23,25)26;/h2-3,5-8,10,12-13H,4,9,11H2,1H3,(H2,23,25,26);1H. The molecular formula is C22H21ClN2O3S2. The largest absolute Gasteiger partial charge is 0.464 e. The Morgan fingerprint density at radius 2 is 1.97 bits per heavy atom. The maximum absolute atomic E-state index is 11.6. The van der Waals surface area contributed by atoms with E-state index in [1.54, 1.807) is 29.7 Å². The van der Waals surface area contributed by atoms with Gasteiger partial charge in [-0.05, 0) is 61.1 Å². The third kappa shape index (κ3) is 3.67. The second-order valence-corrected chi connectivity index (χ2v) is 10.3. The number of rotatable bonds is 3. The van der Waals surface area contributed by atoms with Crippen LogP contribution in [0.25, 0.3) is 32.8 Å². The van der Waals surface area contributed by atoms with Gasteiger partial charge in [-0.25, -0.2) is 18.5 Å². The van der Waals surface area contributed by atoms with E-state index in [0.717, 1.165) is 40.3 Å². The van der Waals surface area contributed by atoms with E-state index in [-0.39, 0.29) is 17.3 Å². The lowest BCUT2D eigenvalue weighted by Crippen LogP contribution is -2.11. The van der Waals surface area contributed by atoms with Gasteiger partial charge in [0.25, 0.3) is 0 Å². The number of pyridine rings is 1. The second kappa shape index (κ2) is 7.81. The fraction of sp³-hybridized carbons (Fsp3) is 0.227. The van der Waals surface area contributed by atoms with Crippen molar-refractivity contribution in [1.29, 1.82) is 0 Å². The number of hydrogen-bond donors (Lipinski definition) is 1. The summed E-state index contributed by atoms with van der Waals surface area (Å²) in [6.07, 6.45) is 5.02. The molecule has 1 aliphatic rings. The molecule has 0 fully saturated rings. The average Bonchev–Trinajstić information content (AvgIpc) is 3.34. The van der Waals surface area contributed by atoms with E-state index >= 15 is 0 Å². The van der Waals surface area contributed by atoms with Gasteiger partial charge in [-0.15, -0.1) is 23.7 Å². The summed E-state index contributed by atoms with van der Waals surface area (Å²) in [7, 11) is -3.72. The van der Waals surface area contributed by atoms with Crippen LogP contribution in [0.2, 0.25) is 0 Å². The van der Waals surface area contributed by atoms with Crippen molar-refractivity contribution < 1.29 is 12.8 Å². The van der Waals surface area contributed by atoms with E-state index < -0.39 is 10.0 Å². The van der Waals surface area contributed by atoms with Crippen LogP contribution in [0.5, 0.6) is 0 Å². The SMILES string of the molecule is CC1CCc2c(sc3nc(-c4ccc(S(N)(=O)=O)cc4)cc(-c4ccco4)c23)C1.Cl. The summed E-state index contributed by atoms with van der Waals surface area (Å²) >= 11 is 1.76. The number of aryl methyl sites for hydroxylation is 1. The molecule has 3 heterocycles. The Kier molecular flexibility index (Phi) is 5.48. The van der Waals surface area contributed by atoms with Crippen LogP contribution in [0.1, 0.15) is 23.8 Å². The lowest BCUT2D eigenvalue weighted by Gasteiger charge is -2.18. The summed E-state index contributed by atoms with van der Waals surface area (Å²) in [5.74, 6) is 1.51. The predicted molar refractivity (Wildman–Crippen MR) is 123 cm³/mol. The van der Waals surface area contributed by atoms with E-state index in [1.165, 1.54) is 34.4 Å². The molecule has 30 heavy (non-hydrogen) atoms. The highest BCUT2D eigenvalue weighted by atomic mass is 35.5. The molecule has 5 rings (SSSR count). The van der Waals surface area contributed by atoms with Gasteiger partial charge in [0, 0.05) is 21.4 Å². The van der Waals surface area contributed by atoms with Gasteiger partial charge in [-0.1, -0.05) is 19.1 Å². The summed E-state index contributed by atoms with van der Waals surface area (Å²) in [4.78, 5) is 7.45. The zero-order valence-corrected chi connectivity index (χ0v) is 18.7. The van der Waals surface area contributed by atoms with Crippen molar-refractivity contribution in [3.63, 3.8) is 0 Å². The monoisotopic (exact) mass is 460 g/mol. The van der Waals surface area contributed by atoms with Gasteiger partial charge >= 0.3 is 0 Å². The number of hydrogen-bond acceptors (Lipinski definition) is 5. The van der Waals surface area contributed by atoms with E-state index in [9.17, 15) is 8.42 Å². The van der Waals surface area contributed by atoms with Crippen LogP contribution >= 0.6 is 23.7 Å². The highest BCUT2D eigenvalue weighted by Gasteiger charge is 2.24. The molecule has 1 aromatic carbocycles. The van der Waals surface area contributed by atoms with Crippen LogP contribution in [0.4, 0.5) is 0 Å². The van der Waals surface area contributed by atoms with Gasteiger partial charge in [0.1, 0.15) is 10.6 Å². The quantitative estimate of drug-likeness (QED) is 0.442. The molecule has 0 saturated carbocycles. The van der Waals surface area contributed by atoms with Crippen LogP contribution in [0, 0.1) is 5.92 Å². The second-order valence-electron chi connectivity index (χ2n) is 7.63. The van der Waals surface area contributed by atoms with Gasteiger partial charge in [0.05, 0.1) is 16.9 Å². The van der Waals surface area contributed by atoms with Gasteiger partial charge < -0.3 is 4.42 Å². The molecule has 8 heteroatoms. The first kappa shape index (κ1) is 21.1. The maximum atomic E-state index is 11.6. The number of sulfonamides is 1. The number of fused-ring (bicyclic) bond motifs is 3. The topological polar surface area (TPSA) is 86.2 Å². The molecule has 4 aromatic rings. The zero-order chi connectivity index (χ0) is 20.2. The third-order valence-corrected chi connectivity index (χ3v) is 7.61. The average molecular weight is 461 g/mol. The molecule has 0 bridgehead atoms. The number of nitrogens with two attached hydrogens (primary N) is 1. The molecular weight excluding hydrogens is 440 g/mol. The number of primary sulfonamides is 1. The molecule has 1 unspecified atom stereocenters. The van der Waals surface area contributed by atoms with E-state index in [0.29, 0.717) is 5.92 Å². The Morgan fingerprint density at radius 1 is 1.20 bits per heavy atom. The fourth-order valence-electron chi connectivity index (χ4n) is 4.03. The summed E-state index contributed by atoms with van der Waals surface area (Å²) in [6.45, 7) is 2.30. The van der Waals surface area contributed by atoms with Crippen molar-refractivity contribution in [2.45, 2.75) is 31.1 Å². The first-order valence-electron chi connectivity index (χ1n) is 9.52. The van der Waals surface area contributed by atoms with Crippen LogP contribution in [-0.2, 0) is 22.9 Å². The Hall–Kier alpha value is -2.19. The van der Waals surface area contributed by atoms with Gasteiger partial charge in [-0.2, -0.15) is 0 Å². The van der Waals surface area contributed by atoms with E-state index in [1.807, 2.05) is 18.2 Å². The van der Waals surface area contributed by atoms with Gasteiger partial charge in [0.2, 0.25) is 10.0 Å². The molecule has 3 aromatic heterocycles. The van der Waals surface area contributed by atoms with Crippen molar-refractivity contribution in [3.05, 3.63) is 59.2 Å². The van der Waals surface area contributed by atoms with Crippen LogP contribution in [0.3, 0.4) is 0 Å². The van der Waals surface area contributed by atoms with Crippen molar-refractivity contribution in [2.75, 3.05) is 0 Å². The number of nitrogens with zero attached hydrogens (tertiary/aromatic N) is 1. The van der Waals surface area contributed by atoms with Crippen LogP contribution < -0.4 is 5.14 Å². The number of halogens is 1. The number of furan rings is 1. The van der Waals surface area contributed by atoms with Crippen molar-refractivity contribution in [3.8, 4) is 22.6 Å². The van der Waals surface area contributed by atoms with Gasteiger partial charge in [-0.3, -0.25) is 0 Å². The van der Waals surface area contributed by atoms with E-state index in [2.05, 4.69) is 6.92 Å². The number of benzene rings is 1. The highest BCUT2D eigenvalue weighted by molar-refractivity contribution is 7.89. The lowest BCUT2D eigenvalue weighted by molar-refractivity contribution is 0.509. The lowest BCUT2D eigenvalue weighted by atomic mass is 9.88. The summed E-state index contributed by atoms with van der Waals surface area (Å²) in [5, 5.41) is 6.41.